The van der Waals surface area contributed by atoms with Gasteiger partial charge in [0.25, 0.3) is 0 Å². The summed E-state index contributed by atoms with van der Waals surface area (Å²) in [6, 6.07) is 16.8. The van der Waals surface area contributed by atoms with E-state index in [4.69, 9.17) is 4.74 Å². The van der Waals surface area contributed by atoms with Crippen molar-refractivity contribution in [1.29, 1.82) is 0 Å². The van der Waals surface area contributed by atoms with Gasteiger partial charge in [-0.05, 0) is 75.1 Å². The van der Waals surface area contributed by atoms with Crippen LogP contribution in [0.3, 0.4) is 0 Å². The average Bonchev–Trinajstić information content (AvgIpc) is 2.91. The quantitative estimate of drug-likeness (QED) is 0.294. The largest absolute Gasteiger partial charge is 0.385 e. The van der Waals surface area contributed by atoms with Crippen molar-refractivity contribution in [3.8, 4) is 11.1 Å². The first kappa shape index (κ1) is 30.1. The highest BCUT2D eigenvalue weighted by Gasteiger charge is 2.42. The van der Waals surface area contributed by atoms with Gasteiger partial charge in [0.2, 0.25) is 0 Å². The third-order valence-electron chi connectivity index (χ3n) is 7.80. The molecule has 1 fully saturated rings. The van der Waals surface area contributed by atoms with Gasteiger partial charge in [0, 0.05) is 45.3 Å². The molecule has 3 N–H and O–H groups in total. The zero-order valence-electron chi connectivity index (χ0n) is 24.1. The Morgan fingerprint density at radius 3 is 2.68 bits per heavy atom. The average molecular weight is 524 g/mol. The maximum Gasteiger partial charge on any atom is 0.317 e. The Balaban J connectivity index is 1.90. The number of likely N-dealkylation sites (N-methyl/N-ethyl adjacent to an activating group) is 1. The highest BCUT2D eigenvalue weighted by Crippen LogP contribution is 2.43. The third-order valence-corrected chi connectivity index (χ3v) is 7.80. The number of aryl methyl sites for hydroxylation is 1. The minimum Gasteiger partial charge on any atom is -0.385 e. The van der Waals surface area contributed by atoms with Crippen LogP contribution in [-0.2, 0) is 10.3 Å². The summed E-state index contributed by atoms with van der Waals surface area (Å²) >= 11 is 0. The number of amides is 2. The van der Waals surface area contributed by atoms with Gasteiger partial charge >= 0.3 is 6.03 Å². The number of aliphatic hydroxyl groups is 1. The van der Waals surface area contributed by atoms with E-state index in [-0.39, 0.29) is 18.0 Å². The van der Waals surface area contributed by atoms with Gasteiger partial charge in [0.05, 0.1) is 5.60 Å². The van der Waals surface area contributed by atoms with E-state index in [0.29, 0.717) is 25.5 Å². The van der Waals surface area contributed by atoms with Gasteiger partial charge in [-0.25, -0.2) is 4.79 Å². The highest BCUT2D eigenvalue weighted by atomic mass is 16.5. The first-order valence-corrected chi connectivity index (χ1v) is 14.4. The van der Waals surface area contributed by atoms with Crippen LogP contribution in [0.25, 0.3) is 11.1 Å². The molecule has 1 aliphatic heterocycles. The summed E-state index contributed by atoms with van der Waals surface area (Å²) in [6.45, 7) is 9.15. The van der Waals surface area contributed by atoms with Crippen molar-refractivity contribution < 1.29 is 14.6 Å². The van der Waals surface area contributed by atoms with Crippen LogP contribution < -0.4 is 10.6 Å². The SMILES string of the molecule is CNCC(CC(C)C)NC(=O)N1CCC[C@@H]([C@@](O)(CCCCOC)c2ccccc2-c2cccc(C)c2)C1. The second kappa shape index (κ2) is 14.7. The number of ether oxygens (including phenoxy) is 1. The number of likely N-dealkylation sites (tertiary alicyclic amines) is 1. The molecule has 0 spiro atoms. The molecular weight excluding hydrogens is 474 g/mol. The molecule has 0 aromatic heterocycles. The lowest BCUT2D eigenvalue weighted by molar-refractivity contribution is -0.0559. The number of nitrogens with one attached hydrogen (secondary N) is 2. The number of unbranched alkanes of at least 4 members (excludes halogenated alkanes) is 1. The number of benzene rings is 2. The Bertz CT molecular complexity index is 1010. The van der Waals surface area contributed by atoms with Crippen LogP contribution in [0.15, 0.2) is 48.5 Å². The standard InChI is InChI=1S/C32H49N3O3/c1-24(2)20-28(22-33-4)34-31(36)35-18-11-14-27(23-35)32(37,17-8-9-19-38-5)30-16-7-6-15-29(30)26-13-10-12-25(3)21-26/h6-7,10,12-13,15-16,21,24,27-28,33,37H,8-9,11,14,17-20,22-23H2,1-5H3,(H,34,36)/t27-,28?,32+/m1/s1. The number of hydrogen-bond donors (Lipinski definition) is 3. The molecule has 2 aromatic rings. The smallest absolute Gasteiger partial charge is 0.317 e. The van der Waals surface area contributed by atoms with Crippen molar-refractivity contribution in [2.75, 3.05) is 40.4 Å². The van der Waals surface area contributed by atoms with Crippen LogP contribution in [0, 0.1) is 18.8 Å². The molecule has 2 aromatic carbocycles. The molecule has 1 saturated heterocycles. The van der Waals surface area contributed by atoms with Crippen molar-refractivity contribution in [3.05, 3.63) is 59.7 Å². The Labute approximate surface area is 230 Å². The summed E-state index contributed by atoms with van der Waals surface area (Å²) in [5, 5.41) is 19.1. The van der Waals surface area contributed by atoms with E-state index in [1.54, 1.807) is 7.11 Å². The molecule has 6 heteroatoms. The highest BCUT2D eigenvalue weighted by molar-refractivity contribution is 5.75. The van der Waals surface area contributed by atoms with E-state index >= 15 is 0 Å². The fourth-order valence-electron chi connectivity index (χ4n) is 5.95. The fourth-order valence-corrected chi connectivity index (χ4v) is 5.95. The van der Waals surface area contributed by atoms with Crippen molar-refractivity contribution in [2.45, 2.75) is 70.9 Å². The van der Waals surface area contributed by atoms with E-state index in [1.807, 2.05) is 24.1 Å². The van der Waals surface area contributed by atoms with Crippen LogP contribution in [0.1, 0.15) is 63.5 Å². The predicted octanol–water partition coefficient (Wildman–Crippen LogP) is 5.72. The molecular formula is C32H49N3O3. The summed E-state index contributed by atoms with van der Waals surface area (Å²) in [4.78, 5) is 15.3. The topological polar surface area (TPSA) is 73.8 Å². The van der Waals surface area contributed by atoms with Gasteiger partial charge in [-0.15, -0.1) is 0 Å². The lowest BCUT2D eigenvalue weighted by atomic mass is 9.72. The monoisotopic (exact) mass is 523 g/mol. The number of rotatable bonds is 13. The number of urea groups is 1. The molecule has 1 heterocycles. The number of carbonyl (C=O) groups excluding carboxylic acids is 1. The molecule has 2 amide bonds. The normalized spacial score (nSPS) is 18.3. The molecule has 6 nitrogen and oxygen atoms in total. The minimum atomic E-state index is -1.05. The summed E-state index contributed by atoms with van der Waals surface area (Å²) in [6.07, 6.45) is 5.08. The molecule has 3 atom stereocenters. The lowest BCUT2D eigenvalue weighted by Crippen LogP contribution is -2.54. The van der Waals surface area contributed by atoms with Crippen LogP contribution >= 0.6 is 0 Å². The van der Waals surface area contributed by atoms with Crippen LogP contribution in [0.4, 0.5) is 4.79 Å². The second-order valence-corrected chi connectivity index (χ2v) is 11.4. The zero-order valence-corrected chi connectivity index (χ0v) is 24.1. The molecule has 210 valence electrons. The molecule has 0 saturated carbocycles. The second-order valence-electron chi connectivity index (χ2n) is 11.4. The number of nitrogens with zero attached hydrogens (tertiary/aromatic N) is 1. The van der Waals surface area contributed by atoms with Gasteiger partial charge in [0.15, 0.2) is 0 Å². The van der Waals surface area contributed by atoms with E-state index in [9.17, 15) is 9.90 Å². The predicted molar refractivity (Wildman–Crippen MR) is 156 cm³/mol. The van der Waals surface area contributed by atoms with Crippen molar-refractivity contribution in [1.82, 2.24) is 15.5 Å². The molecule has 0 radical (unpaired) electrons. The van der Waals surface area contributed by atoms with Crippen LogP contribution in [-0.4, -0.2) is 62.5 Å². The lowest BCUT2D eigenvalue weighted by Gasteiger charge is -2.44. The van der Waals surface area contributed by atoms with Gasteiger partial charge in [-0.1, -0.05) is 67.9 Å². The van der Waals surface area contributed by atoms with E-state index < -0.39 is 5.60 Å². The van der Waals surface area contributed by atoms with Crippen LogP contribution in [0.2, 0.25) is 0 Å². The van der Waals surface area contributed by atoms with Crippen molar-refractivity contribution >= 4 is 6.03 Å². The Hall–Kier alpha value is -2.41. The number of carbonyl (C=O) groups is 1. The summed E-state index contributed by atoms with van der Waals surface area (Å²) in [5.41, 5.74) is 3.29. The fraction of sp³-hybridized carbons (Fsp3) is 0.594. The number of methoxy groups -OCH3 is 1. The minimum absolute atomic E-state index is 0.0238. The van der Waals surface area contributed by atoms with Gasteiger partial charge in [-0.3, -0.25) is 0 Å². The summed E-state index contributed by atoms with van der Waals surface area (Å²) in [5.74, 6) is 0.446. The molecule has 1 unspecified atom stereocenters. The first-order valence-electron chi connectivity index (χ1n) is 14.4. The molecule has 0 bridgehead atoms. The Morgan fingerprint density at radius 1 is 1.18 bits per heavy atom. The summed E-state index contributed by atoms with van der Waals surface area (Å²) in [7, 11) is 3.64. The van der Waals surface area contributed by atoms with Crippen molar-refractivity contribution in [2.24, 2.45) is 11.8 Å². The van der Waals surface area contributed by atoms with Crippen molar-refractivity contribution in [3.63, 3.8) is 0 Å². The molecule has 38 heavy (non-hydrogen) atoms. The summed E-state index contributed by atoms with van der Waals surface area (Å²) < 4.78 is 5.30. The maximum absolute atomic E-state index is 13.4. The Morgan fingerprint density at radius 2 is 1.97 bits per heavy atom. The maximum atomic E-state index is 13.4. The van der Waals surface area contributed by atoms with Gasteiger partial charge in [0.1, 0.15) is 0 Å². The third kappa shape index (κ3) is 8.05. The van der Waals surface area contributed by atoms with E-state index in [2.05, 4.69) is 67.8 Å². The zero-order chi connectivity index (χ0) is 27.5. The molecule has 1 aliphatic rings. The van der Waals surface area contributed by atoms with E-state index in [0.717, 1.165) is 61.9 Å². The van der Waals surface area contributed by atoms with Gasteiger partial charge in [-0.2, -0.15) is 0 Å². The number of hydrogen-bond acceptors (Lipinski definition) is 4. The number of piperidine rings is 1. The van der Waals surface area contributed by atoms with Gasteiger partial charge < -0.3 is 25.4 Å². The van der Waals surface area contributed by atoms with Crippen LogP contribution in [0.5, 0.6) is 0 Å². The first-order chi connectivity index (χ1) is 18.3. The van der Waals surface area contributed by atoms with E-state index in [1.165, 1.54) is 5.56 Å². The molecule has 0 aliphatic carbocycles. The Kier molecular flexibility index (Phi) is 11.6. The molecule has 3 rings (SSSR count).